The summed E-state index contributed by atoms with van der Waals surface area (Å²) in [6.45, 7) is 0.242. The number of thiol groups is 1. The number of carbonyl (C=O) groups is 1. The van der Waals surface area contributed by atoms with Gasteiger partial charge in [-0.2, -0.15) is 13.2 Å². The van der Waals surface area contributed by atoms with Crippen molar-refractivity contribution < 1.29 is 18.0 Å². The third-order valence-electron chi connectivity index (χ3n) is 2.28. The van der Waals surface area contributed by atoms with Crippen LogP contribution in [0.5, 0.6) is 0 Å². The van der Waals surface area contributed by atoms with Crippen LogP contribution in [-0.4, -0.2) is 18.6 Å². The van der Waals surface area contributed by atoms with Crippen molar-refractivity contribution in [1.82, 2.24) is 5.32 Å². The molecule has 0 aliphatic carbocycles. The number of rotatable bonds is 5. The van der Waals surface area contributed by atoms with Gasteiger partial charge < -0.3 is 5.32 Å². The van der Waals surface area contributed by atoms with E-state index in [2.05, 4.69) is 17.9 Å². The molecule has 0 spiro atoms. The molecule has 0 aromatic heterocycles. The summed E-state index contributed by atoms with van der Waals surface area (Å²) in [5.74, 6) is -0.294. The molecule has 0 unspecified atom stereocenters. The molecule has 1 N–H and O–H groups in total. The van der Waals surface area contributed by atoms with Gasteiger partial charge in [-0.15, -0.1) is 12.6 Å². The third-order valence-corrected chi connectivity index (χ3v) is 2.56. The zero-order valence-electron chi connectivity index (χ0n) is 9.63. The molecule has 0 aliphatic rings. The topological polar surface area (TPSA) is 29.1 Å². The first-order chi connectivity index (χ1) is 8.38. The monoisotopic (exact) mass is 277 g/mol. The van der Waals surface area contributed by atoms with E-state index in [0.717, 1.165) is 0 Å². The summed E-state index contributed by atoms with van der Waals surface area (Å²) < 4.78 is 35.6. The first-order valence-electron chi connectivity index (χ1n) is 5.52. The Labute approximate surface area is 109 Å². The van der Waals surface area contributed by atoms with Crippen LogP contribution in [0, 0.1) is 0 Å². The van der Waals surface area contributed by atoms with Crippen LogP contribution in [0.2, 0.25) is 0 Å². The number of nitrogens with one attached hydrogen (secondary N) is 1. The second-order valence-corrected chi connectivity index (χ2v) is 4.39. The van der Waals surface area contributed by atoms with E-state index in [9.17, 15) is 18.0 Å². The highest BCUT2D eigenvalue weighted by Gasteiger charge is 2.25. The molecule has 0 saturated carbocycles. The lowest BCUT2D eigenvalue weighted by atomic mass is 10.2. The van der Waals surface area contributed by atoms with Crippen LogP contribution in [0.25, 0.3) is 0 Å². The Bertz CT molecular complexity index is 407. The summed E-state index contributed by atoms with van der Waals surface area (Å²) in [6, 6.07) is 6.67. The van der Waals surface area contributed by atoms with E-state index in [1.807, 2.05) is 0 Å². The number of alkyl halides is 3. The lowest BCUT2D eigenvalue weighted by Gasteiger charge is -2.07. The fourth-order valence-electron chi connectivity index (χ4n) is 1.40. The Hall–Kier alpha value is -1.17. The number of halogens is 3. The minimum atomic E-state index is -4.12. The number of benzene rings is 1. The standard InChI is InChI=1S/C12H14F3NOS/c13-12(14,15)6-1-2-7-16-11(17)9-4-3-5-10(18)8-9/h3-5,8,18H,1-2,6-7H2,(H,16,17). The van der Waals surface area contributed by atoms with E-state index in [-0.39, 0.29) is 18.9 Å². The molecule has 0 atom stereocenters. The Kier molecular flexibility index (Phi) is 5.53. The van der Waals surface area contributed by atoms with Gasteiger partial charge in [0.25, 0.3) is 5.91 Å². The van der Waals surface area contributed by atoms with E-state index in [0.29, 0.717) is 16.9 Å². The lowest BCUT2D eigenvalue weighted by molar-refractivity contribution is -0.135. The van der Waals surface area contributed by atoms with Gasteiger partial charge in [0.1, 0.15) is 0 Å². The first-order valence-corrected chi connectivity index (χ1v) is 5.97. The zero-order chi connectivity index (χ0) is 13.6. The van der Waals surface area contributed by atoms with Crippen LogP contribution in [0.1, 0.15) is 29.6 Å². The number of hydrogen-bond acceptors (Lipinski definition) is 2. The zero-order valence-corrected chi connectivity index (χ0v) is 10.5. The second-order valence-electron chi connectivity index (χ2n) is 3.88. The summed E-state index contributed by atoms with van der Waals surface area (Å²) in [5, 5.41) is 2.57. The minimum Gasteiger partial charge on any atom is -0.352 e. The maximum Gasteiger partial charge on any atom is 0.389 e. The van der Waals surface area contributed by atoms with Crippen LogP contribution in [0.4, 0.5) is 13.2 Å². The smallest absolute Gasteiger partial charge is 0.352 e. The summed E-state index contributed by atoms with van der Waals surface area (Å²) in [5.41, 5.74) is 0.457. The van der Waals surface area contributed by atoms with Gasteiger partial charge in [-0.05, 0) is 31.0 Å². The number of hydrogen-bond donors (Lipinski definition) is 2. The van der Waals surface area contributed by atoms with Gasteiger partial charge in [-0.25, -0.2) is 0 Å². The fourth-order valence-corrected chi connectivity index (χ4v) is 1.63. The van der Waals surface area contributed by atoms with E-state index < -0.39 is 12.6 Å². The Morgan fingerprint density at radius 1 is 1.28 bits per heavy atom. The van der Waals surface area contributed by atoms with Crippen molar-refractivity contribution in [3.05, 3.63) is 29.8 Å². The molecule has 0 heterocycles. The van der Waals surface area contributed by atoms with Gasteiger partial charge in [0.15, 0.2) is 0 Å². The second kappa shape index (κ2) is 6.68. The molecule has 0 bridgehead atoms. The fraction of sp³-hybridized carbons (Fsp3) is 0.417. The molecule has 18 heavy (non-hydrogen) atoms. The Balaban J connectivity index is 2.26. The highest BCUT2D eigenvalue weighted by Crippen LogP contribution is 2.21. The van der Waals surface area contributed by atoms with Crippen molar-refractivity contribution >= 4 is 18.5 Å². The highest BCUT2D eigenvalue weighted by atomic mass is 32.1. The summed E-state index contributed by atoms with van der Waals surface area (Å²) in [6.07, 6.45) is -4.60. The Morgan fingerprint density at radius 3 is 2.61 bits per heavy atom. The summed E-state index contributed by atoms with van der Waals surface area (Å²) in [7, 11) is 0. The average Bonchev–Trinajstić information content (AvgIpc) is 2.26. The Morgan fingerprint density at radius 2 is 2.00 bits per heavy atom. The maximum atomic E-state index is 11.9. The van der Waals surface area contributed by atoms with E-state index in [1.165, 1.54) is 0 Å². The van der Waals surface area contributed by atoms with Crippen molar-refractivity contribution in [2.75, 3.05) is 6.54 Å². The molecule has 2 nitrogen and oxygen atoms in total. The van der Waals surface area contributed by atoms with Crippen molar-refractivity contribution in [2.24, 2.45) is 0 Å². The molecule has 0 radical (unpaired) electrons. The molecule has 6 heteroatoms. The molecule has 1 amide bonds. The lowest BCUT2D eigenvalue weighted by Crippen LogP contribution is -2.24. The molecular weight excluding hydrogens is 263 g/mol. The van der Waals surface area contributed by atoms with Crippen LogP contribution in [0.15, 0.2) is 29.2 Å². The van der Waals surface area contributed by atoms with Gasteiger partial charge in [0.05, 0.1) is 0 Å². The number of amides is 1. The van der Waals surface area contributed by atoms with Crippen molar-refractivity contribution in [3.8, 4) is 0 Å². The van der Waals surface area contributed by atoms with Gasteiger partial charge in [0, 0.05) is 23.4 Å². The van der Waals surface area contributed by atoms with Crippen molar-refractivity contribution in [1.29, 1.82) is 0 Å². The van der Waals surface area contributed by atoms with Gasteiger partial charge >= 0.3 is 6.18 Å². The molecule has 0 saturated heterocycles. The molecule has 100 valence electrons. The molecule has 1 aromatic rings. The average molecular weight is 277 g/mol. The van der Waals surface area contributed by atoms with E-state index >= 15 is 0 Å². The quantitative estimate of drug-likeness (QED) is 0.626. The maximum absolute atomic E-state index is 11.9. The van der Waals surface area contributed by atoms with E-state index in [4.69, 9.17) is 0 Å². The predicted molar refractivity (Wildman–Crippen MR) is 65.9 cm³/mol. The molecule has 1 rings (SSSR count). The van der Waals surface area contributed by atoms with Crippen LogP contribution in [-0.2, 0) is 0 Å². The summed E-state index contributed by atoms with van der Waals surface area (Å²) in [4.78, 5) is 12.3. The minimum absolute atomic E-state index is 0.0242. The molecular formula is C12H14F3NOS. The normalized spacial score (nSPS) is 11.3. The van der Waals surface area contributed by atoms with Crippen molar-refractivity contribution in [2.45, 2.75) is 30.3 Å². The molecule has 0 fully saturated rings. The SMILES string of the molecule is O=C(NCCCCC(F)(F)F)c1cccc(S)c1. The van der Waals surface area contributed by atoms with Gasteiger partial charge in [0.2, 0.25) is 0 Å². The predicted octanol–water partition coefficient (Wildman–Crippen LogP) is 3.44. The van der Waals surface area contributed by atoms with Crippen molar-refractivity contribution in [3.63, 3.8) is 0 Å². The largest absolute Gasteiger partial charge is 0.389 e. The third kappa shape index (κ3) is 5.95. The first kappa shape index (κ1) is 14.9. The highest BCUT2D eigenvalue weighted by molar-refractivity contribution is 7.80. The van der Waals surface area contributed by atoms with Gasteiger partial charge in [-0.3, -0.25) is 4.79 Å². The number of carbonyl (C=O) groups excluding carboxylic acids is 1. The van der Waals surface area contributed by atoms with Crippen LogP contribution in [0.3, 0.4) is 0 Å². The van der Waals surface area contributed by atoms with E-state index in [1.54, 1.807) is 24.3 Å². The molecule has 0 aliphatic heterocycles. The van der Waals surface area contributed by atoms with Crippen LogP contribution < -0.4 is 5.32 Å². The van der Waals surface area contributed by atoms with Gasteiger partial charge in [-0.1, -0.05) is 6.07 Å². The van der Waals surface area contributed by atoms with Crippen LogP contribution >= 0.6 is 12.6 Å². The number of unbranched alkanes of at least 4 members (excludes halogenated alkanes) is 1. The molecule has 1 aromatic carbocycles. The summed E-state index contributed by atoms with van der Waals surface area (Å²) >= 11 is 4.10.